The number of sulfone groups is 1. The molecule has 128 valence electrons. The van der Waals surface area contributed by atoms with E-state index >= 15 is 0 Å². The first-order valence-corrected chi connectivity index (χ1v) is 9.68. The van der Waals surface area contributed by atoms with Crippen LogP contribution in [-0.2, 0) is 24.0 Å². The highest BCUT2D eigenvalue weighted by Gasteiger charge is 2.42. The van der Waals surface area contributed by atoms with Gasteiger partial charge in [-0.25, -0.2) is 8.42 Å². The van der Waals surface area contributed by atoms with Gasteiger partial charge in [0, 0.05) is 6.42 Å². The molecule has 3 rings (SSSR count). The van der Waals surface area contributed by atoms with Crippen molar-refractivity contribution < 1.29 is 22.6 Å². The molecule has 0 saturated carbocycles. The van der Waals surface area contributed by atoms with E-state index in [1.165, 1.54) is 0 Å². The highest BCUT2D eigenvalue weighted by molar-refractivity contribution is 7.92. The van der Waals surface area contributed by atoms with E-state index in [1.54, 1.807) is 24.3 Å². The minimum absolute atomic E-state index is 0.0712. The third kappa shape index (κ3) is 3.60. The number of hydrogen-bond donors (Lipinski definition) is 0. The van der Waals surface area contributed by atoms with Gasteiger partial charge in [0.1, 0.15) is 0 Å². The predicted octanol–water partition coefficient (Wildman–Crippen LogP) is 2.55. The van der Waals surface area contributed by atoms with Crippen LogP contribution >= 0.6 is 0 Å². The predicted molar refractivity (Wildman–Crippen MR) is 85.9 cm³/mol. The second-order valence-corrected chi connectivity index (χ2v) is 8.63. The molecular formula is C17H24O5S. The third-order valence-electron chi connectivity index (χ3n) is 4.71. The number of hydrogen-bond acceptors (Lipinski definition) is 5. The van der Waals surface area contributed by atoms with Gasteiger partial charge in [0.25, 0.3) is 0 Å². The van der Waals surface area contributed by atoms with Crippen LogP contribution in [0.15, 0.2) is 35.2 Å². The Morgan fingerprint density at radius 3 is 2.48 bits per heavy atom. The maximum atomic E-state index is 12.8. The maximum absolute atomic E-state index is 12.8. The maximum Gasteiger partial charge on any atom is 0.183 e. The molecule has 1 aromatic rings. The minimum atomic E-state index is -3.36. The normalized spacial score (nSPS) is 30.6. The molecule has 2 aliphatic heterocycles. The van der Waals surface area contributed by atoms with Crippen molar-refractivity contribution in [3.8, 4) is 0 Å². The first-order chi connectivity index (χ1) is 10.9. The Bertz CT molecular complexity index is 622. The van der Waals surface area contributed by atoms with E-state index in [-0.39, 0.29) is 12.2 Å². The van der Waals surface area contributed by atoms with Crippen molar-refractivity contribution in [1.29, 1.82) is 0 Å². The average Bonchev–Trinajstić information content (AvgIpc) is 3.13. The minimum Gasteiger partial charge on any atom is -0.374 e. The summed E-state index contributed by atoms with van der Waals surface area (Å²) in [5, 5.41) is -0.492. The number of ether oxygens (including phenoxy) is 3. The van der Waals surface area contributed by atoms with Gasteiger partial charge in [-0.1, -0.05) is 18.2 Å². The fourth-order valence-electron chi connectivity index (χ4n) is 3.37. The van der Waals surface area contributed by atoms with Crippen molar-refractivity contribution in [2.75, 3.05) is 13.2 Å². The Labute approximate surface area is 137 Å². The largest absolute Gasteiger partial charge is 0.374 e. The molecule has 2 aliphatic rings. The SMILES string of the molecule is C[C@H]1O[C@@H](CCC2(C)OCCO2)C[C@@H]1S(=O)(=O)c1ccccc1. The molecule has 23 heavy (non-hydrogen) atoms. The molecule has 0 amide bonds. The smallest absolute Gasteiger partial charge is 0.183 e. The van der Waals surface area contributed by atoms with Gasteiger partial charge in [-0.3, -0.25) is 0 Å². The van der Waals surface area contributed by atoms with Gasteiger partial charge < -0.3 is 14.2 Å². The molecule has 0 aromatic heterocycles. The Morgan fingerprint density at radius 1 is 1.17 bits per heavy atom. The summed E-state index contributed by atoms with van der Waals surface area (Å²) in [5.41, 5.74) is 0. The van der Waals surface area contributed by atoms with Gasteiger partial charge in [0.05, 0.1) is 35.6 Å². The van der Waals surface area contributed by atoms with E-state index < -0.39 is 20.9 Å². The van der Waals surface area contributed by atoms with Gasteiger partial charge in [-0.2, -0.15) is 0 Å². The first-order valence-electron chi connectivity index (χ1n) is 8.13. The molecule has 2 heterocycles. The summed E-state index contributed by atoms with van der Waals surface area (Å²) >= 11 is 0. The van der Waals surface area contributed by atoms with Crippen molar-refractivity contribution in [2.24, 2.45) is 0 Å². The highest BCUT2D eigenvalue weighted by atomic mass is 32.2. The van der Waals surface area contributed by atoms with Crippen molar-refractivity contribution in [2.45, 2.75) is 61.3 Å². The molecule has 0 N–H and O–H groups in total. The van der Waals surface area contributed by atoms with Crippen LogP contribution in [0.25, 0.3) is 0 Å². The van der Waals surface area contributed by atoms with E-state index in [2.05, 4.69) is 0 Å². The van der Waals surface area contributed by atoms with Crippen molar-refractivity contribution in [1.82, 2.24) is 0 Å². The Hall–Kier alpha value is -0.950. The van der Waals surface area contributed by atoms with E-state index in [9.17, 15) is 8.42 Å². The summed E-state index contributed by atoms with van der Waals surface area (Å²) in [6.45, 7) is 5.00. The van der Waals surface area contributed by atoms with Crippen LogP contribution in [0.2, 0.25) is 0 Å². The molecule has 0 spiro atoms. The highest BCUT2D eigenvalue weighted by Crippen LogP contribution is 2.34. The van der Waals surface area contributed by atoms with E-state index in [0.29, 0.717) is 31.0 Å². The molecule has 0 bridgehead atoms. The molecule has 2 saturated heterocycles. The second kappa shape index (κ2) is 6.51. The fourth-order valence-corrected chi connectivity index (χ4v) is 5.29. The number of rotatable bonds is 5. The monoisotopic (exact) mass is 340 g/mol. The van der Waals surface area contributed by atoms with E-state index in [0.717, 1.165) is 6.42 Å². The summed E-state index contributed by atoms with van der Waals surface area (Å²) in [4.78, 5) is 0.371. The molecule has 6 heteroatoms. The summed E-state index contributed by atoms with van der Waals surface area (Å²) in [7, 11) is -3.36. The second-order valence-electron chi connectivity index (χ2n) is 6.46. The molecule has 2 fully saturated rings. The van der Waals surface area contributed by atoms with Crippen LogP contribution in [0.3, 0.4) is 0 Å². The van der Waals surface area contributed by atoms with Crippen molar-refractivity contribution >= 4 is 9.84 Å². The van der Waals surface area contributed by atoms with Crippen LogP contribution < -0.4 is 0 Å². The summed E-state index contributed by atoms with van der Waals surface area (Å²) in [5.74, 6) is -0.553. The lowest BCUT2D eigenvalue weighted by atomic mass is 10.1. The fraction of sp³-hybridized carbons (Fsp3) is 0.647. The first kappa shape index (κ1) is 16.9. The van der Waals surface area contributed by atoms with Crippen LogP contribution in [0.4, 0.5) is 0 Å². The molecule has 0 radical (unpaired) electrons. The lowest BCUT2D eigenvalue weighted by molar-refractivity contribution is -0.152. The van der Waals surface area contributed by atoms with Crippen molar-refractivity contribution in [3.05, 3.63) is 30.3 Å². The van der Waals surface area contributed by atoms with Crippen LogP contribution in [0, 0.1) is 0 Å². The lowest BCUT2D eigenvalue weighted by Gasteiger charge is -2.23. The van der Waals surface area contributed by atoms with Gasteiger partial charge in [-0.15, -0.1) is 0 Å². The topological polar surface area (TPSA) is 61.8 Å². The number of benzene rings is 1. The standard InChI is InChI=1S/C17H24O5S/c1-13-16(23(18,19)15-6-4-3-5-7-15)12-14(22-13)8-9-17(2)20-10-11-21-17/h3-7,13-14,16H,8-12H2,1-2H3/t13-,14+,16+/m1/s1. The Morgan fingerprint density at radius 2 is 1.83 bits per heavy atom. The van der Waals surface area contributed by atoms with Crippen LogP contribution in [0.1, 0.15) is 33.1 Å². The van der Waals surface area contributed by atoms with Crippen molar-refractivity contribution in [3.63, 3.8) is 0 Å². The van der Waals surface area contributed by atoms with Crippen LogP contribution in [0.5, 0.6) is 0 Å². The summed E-state index contributed by atoms with van der Waals surface area (Å²) in [6, 6.07) is 8.62. The third-order valence-corrected chi connectivity index (χ3v) is 7.02. The molecule has 5 nitrogen and oxygen atoms in total. The molecular weight excluding hydrogens is 316 g/mol. The Kier molecular flexibility index (Phi) is 4.78. The van der Waals surface area contributed by atoms with Crippen LogP contribution in [-0.4, -0.2) is 44.9 Å². The van der Waals surface area contributed by atoms with E-state index in [1.807, 2.05) is 19.9 Å². The quantitative estimate of drug-likeness (QED) is 0.824. The molecule has 1 aromatic carbocycles. The summed E-state index contributed by atoms with van der Waals surface area (Å²) in [6.07, 6.45) is 1.60. The van der Waals surface area contributed by atoms with Gasteiger partial charge in [-0.05, 0) is 38.8 Å². The molecule has 3 atom stereocenters. The van der Waals surface area contributed by atoms with E-state index in [4.69, 9.17) is 14.2 Å². The summed E-state index contributed by atoms with van der Waals surface area (Å²) < 4.78 is 42.7. The van der Waals surface area contributed by atoms with Gasteiger partial charge in [0.15, 0.2) is 15.6 Å². The average molecular weight is 340 g/mol. The van der Waals surface area contributed by atoms with Gasteiger partial charge in [0.2, 0.25) is 0 Å². The molecule has 0 unspecified atom stereocenters. The lowest BCUT2D eigenvalue weighted by Crippen LogP contribution is -2.28. The molecule has 0 aliphatic carbocycles. The zero-order chi connectivity index (χ0) is 16.5. The zero-order valence-corrected chi connectivity index (χ0v) is 14.4. The Balaban J connectivity index is 1.64. The van der Waals surface area contributed by atoms with Gasteiger partial charge >= 0.3 is 0 Å². The zero-order valence-electron chi connectivity index (χ0n) is 13.6.